The van der Waals surface area contributed by atoms with Crippen LogP contribution in [0, 0.1) is 5.92 Å². The molecule has 9 heteroatoms. The first-order chi connectivity index (χ1) is 8.55. The van der Waals surface area contributed by atoms with Crippen LogP contribution in [0.1, 0.15) is 5.69 Å². The topological polar surface area (TPSA) is 29.9 Å². The van der Waals surface area contributed by atoms with Crippen molar-refractivity contribution in [1.29, 1.82) is 0 Å². The van der Waals surface area contributed by atoms with Crippen molar-refractivity contribution in [1.82, 2.24) is 15.1 Å². The minimum atomic E-state index is -5.36. The predicted molar refractivity (Wildman–Crippen MR) is 55.4 cm³/mol. The number of hydrogen-bond donors (Lipinski definition) is 1. The van der Waals surface area contributed by atoms with Gasteiger partial charge in [0.1, 0.15) is 0 Å². The van der Waals surface area contributed by atoms with E-state index in [2.05, 4.69) is 10.4 Å². The highest BCUT2D eigenvalue weighted by molar-refractivity contribution is 5.03. The number of halogens is 6. The maximum absolute atomic E-state index is 12.6. The normalized spacial score (nSPS) is 15.0. The van der Waals surface area contributed by atoms with Gasteiger partial charge in [-0.25, -0.2) is 0 Å². The standard InChI is InChI=1S/C10H13F6N3/c1-17-7(5-6-3-4-19(2)18-6)8(9(11,12)13)10(14,15)16/h3-4,7-8,17H,5H2,1-2H3. The zero-order chi connectivity index (χ0) is 14.8. The zero-order valence-corrected chi connectivity index (χ0v) is 10.2. The van der Waals surface area contributed by atoms with E-state index in [0.717, 1.165) is 7.05 Å². The van der Waals surface area contributed by atoms with E-state index in [9.17, 15) is 26.3 Å². The monoisotopic (exact) mass is 289 g/mol. The summed E-state index contributed by atoms with van der Waals surface area (Å²) in [4.78, 5) is 0. The number of alkyl halides is 6. The van der Waals surface area contributed by atoms with Crippen molar-refractivity contribution in [3.05, 3.63) is 18.0 Å². The predicted octanol–water partition coefficient (Wildman–Crippen LogP) is 2.29. The summed E-state index contributed by atoms with van der Waals surface area (Å²) in [6, 6.07) is -0.427. The van der Waals surface area contributed by atoms with Crippen molar-refractivity contribution in [3.8, 4) is 0 Å². The third-order valence-electron chi connectivity index (χ3n) is 2.68. The SMILES string of the molecule is CNC(Cc1ccn(C)n1)C(C(F)(F)F)C(F)(F)F. The van der Waals surface area contributed by atoms with E-state index in [1.54, 1.807) is 0 Å². The first-order valence-electron chi connectivity index (χ1n) is 5.35. The average Bonchev–Trinajstić information content (AvgIpc) is 2.58. The molecule has 1 rings (SSSR count). The van der Waals surface area contributed by atoms with E-state index >= 15 is 0 Å². The van der Waals surface area contributed by atoms with Gasteiger partial charge >= 0.3 is 12.4 Å². The molecule has 0 fully saturated rings. The molecule has 0 amide bonds. The summed E-state index contributed by atoms with van der Waals surface area (Å²) in [5, 5.41) is 5.87. The molecule has 3 nitrogen and oxygen atoms in total. The summed E-state index contributed by atoms with van der Waals surface area (Å²) < 4.78 is 76.8. The fourth-order valence-corrected chi connectivity index (χ4v) is 1.83. The molecule has 19 heavy (non-hydrogen) atoms. The fraction of sp³-hybridized carbons (Fsp3) is 0.700. The van der Waals surface area contributed by atoms with Gasteiger partial charge in [-0.15, -0.1) is 0 Å². The van der Waals surface area contributed by atoms with Crippen LogP contribution in [0.3, 0.4) is 0 Å². The zero-order valence-electron chi connectivity index (χ0n) is 10.2. The molecule has 0 saturated heterocycles. The highest BCUT2D eigenvalue weighted by Crippen LogP contribution is 2.41. The van der Waals surface area contributed by atoms with Gasteiger partial charge in [0.05, 0.1) is 5.69 Å². The summed E-state index contributed by atoms with van der Waals surface area (Å²) in [7, 11) is 2.60. The quantitative estimate of drug-likeness (QED) is 0.862. The molecule has 1 N–H and O–H groups in total. The summed E-state index contributed by atoms with van der Waals surface area (Å²) >= 11 is 0. The Morgan fingerprint density at radius 1 is 1.21 bits per heavy atom. The van der Waals surface area contributed by atoms with Gasteiger partial charge in [-0.3, -0.25) is 4.68 Å². The Kier molecular flexibility index (Phi) is 4.49. The first kappa shape index (κ1) is 15.8. The Morgan fingerprint density at radius 2 is 1.74 bits per heavy atom. The molecule has 0 spiro atoms. The van der Waals surface area contributed by atoms with Gasteiger partial charge in [0.15, 0.2) is 5.92 Å². The average molecular weight is 289 g/mol. The number of hydrogen-bond acceptors (Lipinski definition) is 2. The maximum Gasteiger partial charge on any atom is 0.402 e. The molecule has 0 aliphatic carbocycles. The van der Waals surface area contributed by atoms with Crippen LogP contribution >= 0.6 is 0 Å². The largest absolute Gasteiger partial charge is 0.402 e. The second-order valence-corrected chi connectivity index (χ2v) is 4.14. The second-order valence-electron chi connectivity index (χ2n) is 4.14. The van der Waals surface area contributed by atoms with Gasteiger partial charge in [0, 0.05) is 25.7 Å². The summed E-state index contributed by atoms with van der Waals surface area (Å²) in [6.07, 6.45) is -9.72. The number of rotatable bonds is 4. The van der Waals surface area contributed by atoms with Gasteiger partial charge < -0.3 is 5.32 Å². The van der Waals surface area contributed by atoms with Crippen molar-refractivity contribution in [2.45, 2.75) is 24.8 Å². The first-order valence-corrected chi connectivity index (χ1v) is 5.35. The van der Waals surface area contributed by atoms with Crippen molar-refractivity contribution in [2.24, 2.45) is 13.0 Å². The van der Waals surface area contributed by atoms with E-state index in [-0.39, 0.29) is 5.69 Å². The van der Waals surface area contributed by atoms with Gasteiger partial charge in [0.25, 0.3) is 0 Å². The van der Waals surface area contributed by atoms with E-state index in [1.165, 1.54) is 24.0 Å². The van der Waals surface area contributed by atoms with Crippen molar-refractivity contribution in [2.75, 3.05) is 7.05 Å². The van der Waals surface area contributed by atoms with E-state index < -0.39 is 30.7 Å². The molecule has 1 aromatic rings. The lowest BCUT2D eigenvalue weighted by molar-refractivity contribution is -0.291. The van der Waals surface area contributed by atoms with Gasteiger partial charge in [0.2, 0.25) is 0 Å². The molecule has 0 aliphatic rings. The third kappa shape index (κ3) is 4.12. The molecule has 1 atom stereocenters. The van der Waals surface area contributed by atoms with Crippen LogP contribution in [0.2, 0.25) is 0 Å². The molecule has 0 saturated carbocycles. The Balaban J connectivity index is 2.97. The molecule has 0 bridgehead atoms. The molecular formula is C10H13F6N3. The van der Waals surface area contributed by atoms with E-state index in [0.29, 0.717) is 0 Å². The van der Waals surface area contributed by atoms with Crippen LogP contribution in [0.25, 0.3) is 0 Å². The molecule has 1 heterocycles. The van der Waals surface area contributed by atoms with Crippen molar-refractivity contribution in [3.63, 3.8) is 0 Å². The fourth-order valence-electron chi connectivity index (χ4n) is 1.83. The summed E-state index contributed by atoms with van der Waals surface area (Å²) in [5.74, 6) is -3.42. The van der Waals surface area contributed by atoms with Gasteiger partial charge in [-0.2, -0.15) is 31.4 Å². The number of aryl methyl sites for hydroxylation is 1. The van der Waals surface area contributed by atoms with Gasteiger partial charge in [-0.05, 0) is 13.1 Å². The molecular weight excluding hydrogens is 276 g/mol. The minimum absolute atomic E-state index is 0.167. The maximum atomic E-state index is 12.6. The molecule has 0 aliphatic heterocycles. The van der Waals surface area contributed by atoms with Crippen LogP contribution in [-0.2, 0) is 13.5 Å². The van der Waals surface area contributed by atoms with Crippen molar-refractivity contribution < 1.29 is 26.3 Å². The lowest BCUT2D eigenvalue weighted by Gasteiger charge is -2.30. The molecule has 0 radical (unpaired) electrons. The van der Waals surface area contributed by atoms with E-state index in [4.69, 9.17) is 0 Å². The Bertz CT molecular complexity index is 394. The molecule has 0 aromatic carbocycles. The van der Waals surface area contributed by atoms with Crippen LogP contribution < -0.4 is 5.32 Å². The lowest BCUT2D eigenvalue weighted by atomic mass is 9.94. The number of likely N-dealkylation sites (N-methyl/N-ethyl adjacent to an activating group) is 1. The molecule has 1 aromatic heterocycles. The Labute approximate surface area is 105 Å². The summed E-state index contributed by atoms with van der Waals surface area (Å²) in [5.41, 5.74) is 0.167. The van der Waals surface area contributed by atoms with Crippen LogP contribution in [0.4, 0.5) is 26.3 Å². The number of nitrogens with one attached hydrogen (secondary N) is 1. The molecule has 110 valence electrons. The highest BCUT2D eigenvalue weighted by Gasteiger charge is 2.59. The van der Waals surface area contributed by atoms with Crippen LogP contribution in [-0.4, -0.2) is 35.2 Å². The van der Waals surface area contributed by atoms with Crippen molar-refractivity contribution >= 4 is 0 Å². The van der Waals surface area contributed by atoms with Crippen LogP contribution in [0.5, 0.6) is 0 Å². The minimum Gasteiger partial charge on any atom is -0.316 e. The Morgan fingerprint density at radius 3 is 2.05 bits per heavy atom. The second kappa shape index (κ2) is 5.40. The van der Waals surface area contributed by atoms with Crippen LogP contribution in [0.15, 0.2) is 12.3 Å². The van der Waals surface area contributed by atoms with Gasteiger partial charge in [-0.1, -0.05) is 0 Å². The Hall–Kier alpha value is -1.25. The van der Waals surface area contributed by atoms with E-state index in [1.807, 2.05) is 0 Å². The number of nitrogens with zero attached hydrogens (tertiary/aromatic N) is 2. The summed E-state index contributed by atoms with van der Waals surface area (Å²) in [6.45, 7) is 0. The highest BCUT2D eigenvalue weighted by atomic mass is 19.4. The number of aromatic nitrogens is 2. The third-order valence-corrected chi connectivity index (χ3v) is 2.68. The lowest BCUT2D eigenvalue weighted by Crippen LogP contribution is -2.51. The molecule has 1 unspecified atom stereocenters. The smallest absolute Gasteiger partial charge is 0.316 e.